The molecule has 4 nitrogen and oxygen atoms in total. The lowest BCUT2D eigenvalue weighted by molar-refractivity contribution is -0.133. The van der Waals surface area contributed by atoms with Gasteiger partial charge in [-0.25, -0.2) is 0 Å². The molecule has 1 saturated heterocycles. The first-order valence-electron chi connectivity index (χ1n) is 10.6. The van der Waals surface area contributed by atoms with Gasteiger partial charge in [0.1, 0.15) is 6.17 Å². The average Bonchev–Trinajstić information content (AvgIpc) is 3.31. The van der Waals surface area contributed by atoms with Crippen LogP contribution in [-0.4, -0.2) is 40.4 Å². The van der Waals surface area contributed by atoms with Gasteiger partial charge in [0.25, 0.3) is 0 Å². The molecule has 1 aliphatic carbocycles. The number of likely N-dealkylation sites (tertiary alicyclic amines) is 1. The monoisotopic (exact) mass is 441 g/mol. The molecule has 1 unspecified atom stereocenters. The maximum Gasteiger partial charge on any atom is 0.231 e. The van der Waals surface area contributed by atoms with Crippen LogP contribution in [0, 0.1) is 5.92 Å². The molecule has 2 aliphatic heterocycles. The lowest BCUT2D eigenvalue weighted by Crippen LogP contribution is -2.40. The van der Waals surface area contributed by atoms with E-state index in [1.807, 2.05) is 23.2 Å². The summed E-state index contributed by atoms with van der Waals surface area (Å²) in [5.41, 5.74) is 3.11. The molecular weight excluding hydrogens is 417 g/mol. The van der Waals surface area contributed by atoms with E-state index in [0.29, 0.717) is 10.0 Å². The zero-order valence-corrected chi connectivity index (χ0v) is 18.3. The number of rotatable bonds is 5. The molecule has 1 saturated carbocycles. The van der Waals surface area contributed by atoms with Gasteiger partial charge in [-0.2, -0.15) is 0 Å². The first kappa shape index (κ1) is 19.9. The third-order valence-electron chi connectivity index (χ3n) is 6.19. The highest BCUT2D eigenvalue weighted by Crippen LogP contribution is 2.39. The zero-order chi connectivity index (χ0) is 20.7. The number of hydrogen-bond donors (Lipinski definition) is 0. The van der Waals surface area contributed by atoms with Crippen molar-refractivity contribution < 1.29 is 4.79 Å². The summed E-state index contributed by atoms with van der Waals surface area (Å²) in [5, 5.41) is 1.27. The van der Waals surface area contributed by atoms with Gasteiger partial charge in [-0.15, -0.1) is 0 Å². The van der Waals surface area contributed by atoms with Crippen molar-refractivity contribution in [1.29, 1.82) is 0 Å². The van der Waals surface area contributed by atoms with E-state index in [0.717, 1.165) is 49.3 Å². The minimum Gasteiger partial charge on any atom is -0.339 e. The summed E-state index contributed by atoms with van der Waals surface area (Å²) in [6.07, 6.45) is 8.48. The van der Waals surface area contributed by atoms with E-state index >= 15 is 0 Å². The summed E-state index contributed by atoms with van der Waals surface area (Å²) in [4.78, 5) is 19.6. The van der Waals surface area contributed by atoms with Crippen molar-refractivity contribution in [3.8, 4) is 11.1 Å². The Balaban J connectivity index is 1.42. The van der Waals surface area contributed by atoms with E-state index in [1.54, 1.807) is 6.07 Å². The molecule has 2 fully saturated rings. The number of benzene rings is 2. The fourth-order valence-corrected chi connectivity index (χ4v) is 4.92. The van der Waals surface area contributed by atoms with Crippen LogP contribution >= 0.6 is 23.2 Å². The van der Waals surface area contributed by atoms with Gasteiger partial charge in [-0.3, -0.25) is 14.6 Å². The standard InChI is InChI=1S/C24H25Cl2N3O/c25-20-9-10-21(22(26)15-20)17-3-5-18(6-4-17)23-28(16-27-11-1-2-12-27)13-14-29(23)24(30)19-7-8-19/h3-6,9-10,13-15,19,23H,1-2,7-8,11-12,16H2. The van der Waals surface area contributed by atoms with Crippen molar-refractivity contribution in [2.75, 3.05) is 19.8 Å². The maximum absolute atomic E-state index is 12.9. The van der Waals surface area contributed by atoms with Crippen LogP contribution in [0.1, 0.15) is 37.4 Å². The molecule has 0 spiro atoms. The van der Waals surface area contributed by atoms with E-state index in [4.69, 9.17) is 23.2 Å². The highest BCUT2D eigenvalue weighted by molar-refractivity contribution is 6.36. The molecule has 1 amide bonds. The predicted octanol–water partition coefficient (Wildman–Crippen LogP) is 5.74. The van der Waals surface area contributed by atoms with Gasteiger partial charge in [-0.1, -0.05) is 53.5 Å². The average molecular weight is 442 g/mol. The topological polar surface area (TPSA) is 26.8 Å². The molecule has 2 heterocycles. The second-order valence-electron chi connectivity index (χ2n) is 8.42. The Kier molecular flexibility index (Phi) is 5.48. The Bertz CT molecular complexity index is 965. The number of hydrogen-bond acceptors (Lipinski definition) is 3. The van der Waals surface area contributed by atoms with Gasteiger partial charge in [-0.05, 0) is 62.0 Å². The van der Waals surface area contributed by atoms with Crippen LogP contribution in [0.5, 0.6) is 0 Å². The molecule has 0 aromatic heterocycles. The molecule has 1 atom stereocenters. The molecular formula is C24H25Cl2N3O. The summed E-state index contributed by atoms with van der Waals surface area (Å²) < 4.78 is 0. The van der Waals surface area contributed by atoms with Crippen LogP contribution in [0.4, 0.5) is 0 Å². The van der Waals surface area contributed by atoms with Crippen LogP contribution in [-0.2, 0) is 4.79 Å². The van der Waals surface area contributed by atoms with Crippen LogP contribution in [0.15, 0.2) is 54.9 Å². The quantitative estimate of drug-likeness (QED) is 0.591. The minimum absolute atomic E-state index is 0.0894. The first-order valence-corrected chi connectivity index (χ1v) is 11.4. The highest BCUT2D eigenvalue weighted by Gasteiger charge is 2.40. The van der Waals surface area contributed by atoms with Gasteiger partial charge < -0.3 is 4.90 Å². The Labute approximate surface area is 187 Å². The Morgan fingerprint density at radius 3 is 2.37 bits per heavy atom. The number of halogens is 2. The first-order chi connectivity index (χ1) is 14.6. The van der Waals surface area contributed by atoms with E-state index in [9.17, 15) is 4.79 Å². The number of carbonyl (C=O) groups excluding carboxylic acids is 1. The molecule has 0 N–H and O–H groups in total. The number of amides is 1. The van der Waals surface area contributed by atoms with Crippen LogP contribution < -0.4 is 0 Å². The largest absolute Gasteiger partial charge is 0.339 e. The van der Waals surface area contributed by atoms with Crippen molar-refractivity contribution in [3.05, 3.63) is 70.5 Å². The lowest BCUT2D eigenvalue weighted by atomic mass is 10.0. The highest BCUT2D eigenvalue weighted by atomic mass is 35.5. The van der Waals surface area contributed by atoms with Gasteiger partial charge in [0.05, 0.1) is 6.67 Å². The molecule has 2 aromatic carbocycles. The Morgan fingerprint density at radius 1 is 0.967 bits per heavy atom. The normalized spacial score (nSPS) is 21.6. The van der Waals surface area contributed by atoms with Crippen molar-refractivity contribution in [3.63, 3.8) is 0 Å². The third kappa shape index (κ3) is 3.96. The van der Waals surface area contributed by atoms with Crippen LogP contribution in [0.3, 0.4) is 0 Å². The van der Waals surface area contributed by atoms with E-state index < -0.39 is 0 Å². The molecule has 156 valence electrons. The summed E-state index contributed by atoms with van der Waals surface area (Å²) >= 11 is 12.4. The zero-order valence-electron chi connectivity index (χ0n) is 16.8. The van der Waals surface area contributed by atoms with Gasteiger partial charge in [0, 0.05) is 33.9 Å². The van der Waals surface area contributed by atoms with E-state index in [1.165, 1.54) is 12.8 Å². The van der Waals surface area contributed by atoms with Gasteiger partial charge >= 0.3 is 0 Å². The van der Waals surface area contributed by atoms with Crippen molar-refractivity contribution in [2.45, 2.75) is 31.8 Å². The summed E-state index contributed by atoms with van der Waals surface area (Å²) in [6, 6.07) is 13.9. The minimum atomic E-state index is -0.0894. The second-order valence-corrected chi connectivity index (χ2v) is 9.26. The summed E-state index contributed by atoms with van der Waals surface area (Å²) in [6.45, 7) is 3.10. The molecule has 3 aliphatic rings. The molecule has 5 rings (SSSR count). The summed E-state index contributed by atoms with van der Waals surface area (Å²) in [5.74, 6) is 0.432. The van der Waals surface area contributed by atoms with Crippen LogP contribution in [0.2, 0.25) is 10.0 Å². The molecule has 2 aromatic rings. The molecule has 0 radical (unpaired) electrons. The molecule has 0 bridgehead atoms. The predicted molar refractivity (Wildman–Crippen MR) is 121 cm³/mol. The Morgan fingerprint density at radius 2 is 1.70 bits per heavy atom. The van der Waals surface area contributed by atoms with E-state index in [-0.39, 0.29) is 18.0 Å². The van der Waals surface area contributed by atoms with Gasteiger partial charge in [0.2, 0.25) is 5.91 Å². The second kappa shape index (κ2) is 8.26. The Hall–Kier alpha value is -2.01. The van der Waals surface area contributed by atoms with Crippen molar-refractivity contribution in [1.82, 2.24) is 14.7 Å². The molecule has 30 heavy (non-hydrogen) atoms. The van der Waals surface area contributed by atoms with Gasteiger partial charge in [0.15, 0.2) is 0 Å². The van der Waals surface area contributed by atoms with E-state index in [2.05, 4.69) is 40.3 Å². The van der Waals surface area contributed by atoms with Crippen molar-refractivity contribution >= 4 is 29.1 Å². The fourth-order valence-electron chi connectivity index (χ4n) is 4.41. The van der Waals surface area contributed by atoms with Crippen molar-refractivity contribution in [2.24, 2.45) is 5.92 Å². The number of nitrogens with zero attached hydrogens (tertiary/aromatic N) is 3. The third-order valence-corrected chi connectivity index (χ3v) is 6.74. The number of carbonyl (C=O) groups is 1. The SMILES string of the molecule is O=C(C1CC1)N1C=CN(CN2CCCC2)C1c1ccc(-c2ccc(Cl)cc2Cl)cc1. The smallest absolute Gasteiger partial charge is 0.231 e. The molecule has 6 heteroatoms. The maximum atomic E-state index is 12.9. The summed E-state index contributed by atoms with van der Waals surface area (Å²) in [7, 11) is 0. The lowest BCUT2D eigenvalue weighted by Gasteiger charge is -2.34. The van der Waals surface area contributed by atoms with Crippen LogP contribution in [0.25, 0.3) is 11.1 Å². The fraction of sp³-hybridized carbons (Fsp3) is 0.375.